The van der Waals surface area contributed by atoms with Gasteiger partial charge in [-0.05, 0) is 55.9 Å². The number of fused-ring (bicyclic) bond motifs is 3. The highest BCUT2D eigenvalue weighted by molar-refractivity contribution is 7.73. The molecular weight excluding hydrogens is 309 g/mol. The van der Waals surface area contributed by atoms with Crippen LogP contribution in [-0.4, -0.2) is 30.2 Å². The summed E-state index contributed by atoms with van der Waals surface area (Å²) in [5.41, 5.74) is 0. The van der Waals surface area contributed by atoms with Crippen LogP contribution in [0.2, 0.25) is 0 Å². The second kappa shape index (κ2) is 7.38. The van der Waals surface area contributed by atoms with E-state index in [9.17, 15) is 0 Å². The topological polar surface area (TPSA) is 3.24 Å². The molecule has 4 atom stereocenters. The zero-order valence-corrected chi connectivity index (χ0v) is 15.5. The van der Waals surface area contributed by atoms with Gasteiger partial charge in [-0.15, -0.1) is 0 Å². The smallest absolute Gasteiger partial charge is 0.0143 e. The molecule has 3 aliphatic rings. The van der Waals surface area contributed by atoms with Crippen molar-refractivity contribution in [3.63, 3.8) is 0 Å². The summed E-state index contributed by atoms with van der Waals surface area (Å²) in [6, 6.07) is 23.2. The van der Waals surface area contributed by atoms with Gasteiger partial charge in [0.15, 0.2) is 0 Å². The quantitative estimate of drug-likeness (QED) is 0.738. The summed E-state index contributed by atoms with van der Waals surface area (Å²) in [6.07, 6.45) is 5.55. The molecule has 0 spiro atoms. The van der Waals surface area contributed by atoms with Crippen LogP contribution in [0, 0.1) is 11.8 Å². The van der Waals surface area contributed by atoms with Crippen molar-refractivity contribution in [3.8, 4) is 0 Å². The van der Waals surface area contributed by atoms with Crippen molar-refractivity contribution in [1.82, 2.24) is 4.90 Å². The third-order valence-electron chi connectivity index (χ3n) is 6.07. The lowest BCUT2D eigenvalue weighted by Crippen LogP contribution is -2.54. The number of nitrogens with zero attached hydrogens (tertiary/aromatic N) is 1. The molecule has 0 amide bonds. The fourth-order valence-corrected chi connectivity index (χ4v) is 7.27. The summed E-state index contributed by atoms with van der Waals surface area (Å²) in [4.78, 5) is 2.81. The second-order valence-electron chi connectivity index (χ2n) is 7.38. The van der Waals surface area contributed by atoms with Crippen LogP contribution in [0.25, 0.3) is 0 Å². The Morgan fingerprint density at radius 1 is 0.958 bits per heavy atom. The first-order valence-electron chi connectivity index (χ1n) is 9.47. The number of hydrogen-bond acceptors (Lipinski definition) is 1. The van der Waals surface area contributed by atoms with E-state index in [2.05, 4.69) is 72.5 Å². The van der Waals surface area contributed by atoms with Crippen molar-refractivity contribution in [2.24, 2.45) is 11.8 Å². The van der Waals surface area contributed by atoms with Gasteiger partial charge in [0.05, 0.1) is 0 Å². The highest BCUT2D eigenvalue weighted by atomic mass is 31.1. The van der Waals surface area contributed by atoms with E-state index >= 15 is 0 Å². The summed E-state index contributed by atoms with van der Waals surface area (Å²) in [5, 5.41) is 3.07. The van der Waals surface area contributed by atoms with E-state index in [1.54, 1.807) is 0 Å². The molecule has 2 aromatic rings. The van der Waals surface area contributed by atoms with Crippen LogP contribution in [0.4, 0.5) is 0 Å². The minimum absolute atomic E-state index is 0.246. The monoisotopic (exact) mass is 337 g/mol. The molecule has 0 saturated carbocycles. The van der Waals surface area contributed by atoms with Crippen LogP contribution in [0.1, 0.15) is 26.2 Å². The molecular formula is C22H28NP. The zero-order chi connectivity index (χ0) is 16.4. The van der Waals surface area contributed by atoms with Crippen LogP contribution >= 0.6 is 7.92 Å². The molecule has 3 heterocycles. The third kappa shape index (κ3) is 3.30. The summed E-state index contributed by atoms with van der Waals surface area (Å²) in [5.74, 6) is 1.93. The Morgan fingerprint density at radius 3 is 2.08 bits per heavy atom. The molecule has 0 aliphatic carbocycles. The zero-order valence-electron chi connectivity index (χ0n) is 14.6. The fraction of sp³-hybridized carbons (Fsp3) is 0.455. The first-order valence-corrected chi connectivity index (χ1v) is 11.0. The Morgan fingerprint density at radius 2 is 1.58 bits per heavy atom. The maximum atomic E-state index is 2.81. The minimum Gasteiger partial charge on any atom is -0.300 e. The standard InChI is InChI=1S/C22H28NP/c1-2-18-16-23-14-13-19(18)15-20(23)17-24(21-9-5-3-6-10-21)22-11-7-4-8-12-22/h3-12,18-20H,2,13-17H2,1H3/t18-,19-,20+/m0/s1. The Labute approximate surface area is 147 Å². The van der Waals surface area contributed by atoms with Crippen molar-refractivity contribution >= 4 is 18.5 Å². The van der Waals surface area contributed by atoms with Crippen LogP contribution in [0.15, 0.2) is 60.7 Å². The van der Waals surface area contributed by atoms with Gasteiger partial charge in [0.2, 0.25) is 0 Å². The largest absolute Gasteiger partial charge is 0.300 e. The van der Waals surface area contributed by atoms with Crippen molar-refractivity contribution in [3.05, 3.63) is 60.7 Å². The van der Waals surface area contributed by atoms with Crippen molar-refractivity contribution < 1.29 is 0 Å². The van der Waals surface area contributed by atoms with Crippen molar-refractivity contribution in [2.45, 2.75) is 32.2 Å². The summed E-state index contributed by atoms with van der Waals surface area (Å²) in [6.45, 7) is 5.06. The van der Waals surface area contributed by atoms with E-state index in [1.165, 1.54) is 49.1 Å². The molecule has 5 rings (SSSR count). The maximum absolute atomic E-state index is 2.81. The van der Waals surface area contributed by atoms with Gasteiger partial charge in [-0.3, -0.25) is 4.90 Å². The number of piperidine rings is 3. The van der Waals surface area contributed by atoms with E-state index in [4.69, 9.17) is 0 Å². The number of hydrogen-bond donors (Lipinski definition) is 0. The average Bonchev–Trinajstić information content (AvgIpc) is 2.68. The van der Waals surface area contributed by atoms with Gasteiger partial charge < -0.3 is 0 Å². The summed E-state index contributed by atoms with van der Waals surface area (Å²) >= 11 is 0. The first kappa shape index (κ1) is 16.3. The Kier molecular flexibility index (Phi) is 5.01. The molecule has 1 nitrogen and oxygen atoms in total. The number of benzene rings is 2. The van der Waals surface area contributed by atoms with Gasteiger partial charge in [0.25, 0.3) is 0 Å². The normalized spacial score (nSPS) is 29.1. The highest BCUT2D eigenvalue weighted by Gasteiger charge is 2.40. The van der Waals surface area contributed by atoms with Crippen LogP contribution in [0.3, 0.4) is 0 Å². The lowest BCUT2D eigenvalue weighted by molar-refractivity contribution is 0.00928. The molecule has 2 heteroatoms. The number of rotatable bonds is 5. The highest BCUT2D eigenvalue weighted by Crippen LogP contribution is 2.43. The van der Waals surface area contributed by atoms with Gasteiger partial charge in [-0.2, -0.15) is 0 Å². The van der Waals surface area contributed by atoms with Crippen molar-refractivity contribution in [2.75, 3.05) is 19.3 Å². The molecule has 126 valence electrons. The van der Waals surface area contributed by atoms with E-state index in [-0.39, 0.29) is 7.92 Å². The van der Waals surface area contributed by atoms with Gasteiger partial charge in [-0.25, -0.2) is 0 Å². The SMILES string of the molecule is CC[C@H]1CN2CC[C@H]1C[C@@H]2CP(c1ccccc1)c1ccccc1. The van der Waals surface area contributed by atoms with Gasteiger partial charge in [0.1, 0.15) is 0 Å². The molecule has 0 radical (unpaired) electrons. The van der Waals surface area contributed by atoms with Gasteiger partial charge >= 0.3 is 0 Å². The van der Waals surface area contributed by atoms with Crippen LogP contribution < -0.4 is 10.6 Å². The average molecular weight is 337 g/mol. The molecule has 3 aliphatic heterocycles. The Hall–Kier alpha value is -1.17. The van der Waals surface area contributed by atoms with E-state index < -0.39 is 0 Å². The van der Waals surface area contributed by atoms with E-state index in [0.717, 1.165) is 17.9 Å². The minimum atomic E-state index is -0.246. The molecule has 3 saturated heterocycles. The van der Waals surface area contributed by atoms with Crippen LogP contribution in [0.5, 0.6) is 0 Å². The van der Waals surface area contributed by atoms with E-state index in [1.807, 2.05) is 0 Å². The molecule has 24 heavy (non-hydrogen) atoms. The predicted octanol–water partition coefficient (Wildman–Crippen LogP) is 4.24. The second-order valence-corrected chi connectivity index (χ2v) is 9.64. The van der Waals surface area contributed by atoms with E-state index in [0.29, 0.717) is 0 Å². The van der Waals surface area contributed by atoms with Crippen LogP contribution in [-0.2, 0) is 0 Å². The predicted molar refractivity (Wildman–Crippen MR) is 106 cm³/mol. The molecule has 0 aromatic heterocycles. The Bertz CT molecular complexity index is 602. The fourth-order valence-electron chi connectivity index (χ4n) is 4.69. The van der Waals surface area contributed by atoms with Crippen molar-refractivity contribution in [1.29, 1.82) is 0 Å². The molecule has 3 fully saturated rings. The van der Waals surface area contributed by atoms with Gasteiger partial charge in [0, 0.05) is 12.6 Å². The molecule has 0 N–H and O–H groups in total. The summed E-state index contributed by atoms with van der Waals surface area (Å²) < 4.78 is 0. The molecule has 2 bridgehead atoms. The summed E-state index contributed by atoms with van der Waals surface area (Å²) in [7, 11) is -0.246. The first-order chi connectivity index (χ1) is 11.8. The maximum Gasteiger partial charge on any atom is 0.0143 e. The lowest BCUT2D eigenvalue weighted by atomic mass is 9.75. The van der Waals surface area contributed by atoms with Gasteiger partial charge in [-0.1, -0.05) is 74.0 Å². The lowest BCUT2D eigenvalue weighted by Gasteiger charge is -2.50. The molecule has 1 unspecified atom stereocenters. The third-order valence-corrected chi connectivity index (χ3v) is 8.70. The molecule has 2 aromatic carbocycles. The Balaban J connectivity index is 1.57.